The highest BCUT2D eigenvalue weighted by molar-refractivity contribution is 5.99. The molecule has 0 fully saturated rings. The molecule has 0 heterocycles. The molecule has 0 spiro atoms. The lowest BCUT2D eigenvalue weighted by Gasteiger charge is -2.11. The second kappa shape index (κ2) is 25.2. The topological polar surface area (TPSA) is 114 Å². The number of allylic oxidation sites excluding steroid dienone is 6. The minimum absolute atomic E-state index is 0.163. The lowest BCUT2D eigenvalue weighted by molar-refractivity contribution is -0.134. The molecule has 1 aliphatic rings. The number of benzene rings is 3. The van der Waals surface area contributed by atoms with Crippen LogP contribution in [0.5, 0.6) is 5.75 Å². The molecular weight excluding hydrogens is 640 g/mol. The van der Waals surface area contributed by atoms with E-state index in [1.165, 1.54) is 48.4 Å². The summed E-state index contributed by atoms with van der Waals surface area (Å²) in [6.07, 6.45) is 14.7. The number of hydrogen-bond donors (Lipinski definition) is 3. The van der Waals surface area contributed by atoms with Gasteiger partial charge in [-0.15, -0.1) is 0 Å². The Balaban J connectivity index is 0.000000309. The van der Waals surface area contributed by atoms with Crippen molar-refractivity contribution in [3.8, 4) is 5.75 Å². The van der Waals surface area contributed by atoms with E-state index in [0.29, 0.717) is 17.9 Å². The second-order valence-electron chi connectivity index (χ2n) is 12.6. The average Bonchev–Trinajstić information content (AvgIpc) is 3.36. The molecule has 0 unspecified atom stereocenters. The Morgan fingerprint density at radius 3 is 2.18 bits per heavy atom. The Hall–Kier alpha value is -4.79. The molecule has 3 N–H and O–H groups in total. The molecular formula is C43H56N2O6. The van der Waals surface area contributed by atoms with Crippen LogP contribution >= 0.6 is 0 Å². The van der Waals surface area contributed by atoms with Gasteiger partial charge in [-0.3, -0.25) is 19.6 Å². The van der Waals surface area contributed by atoms with Gasteiger partial charge in [-0.2, -0.15) is 0 Å². The Morgan fingerprint density at radius 1 is 0.843 bits per heavy atom. The van der Waals surface area contributed by atoms with Crippen LogP contribution in [-0.2, 0) is 27.5 Å². The highest BCUT2D eigenvalue weighted by Crippen LogP contribution is 2.16. The van der Waals surface area contributed by atoms with Gasteiger partial charge in [0.25, 0.3) is 0 Å². The zero-order valence-electron chi connectivity index (χ0n) is 31.0. The Labute approximate surface area is 304 Å². The molecule has 0 saturated carbocycles. The quantitative estimate of drug-likeness (QED) is 0.0596. The van der Waals surface area contributed by atoms with Crippen LogP contribution in [0.15, 0.2) is 114 Å². The normalized spacial score (nSPS) is 12.4. The van der Waals surface area contributed by atoms with Gasteiger partial charge in [0.05, 0.1) is 13.2 Å². The maximum atomic E-state index is 12.2. The molecule has 4 rings (SSSR count). The predicted molar refractivity (Wildman–Crippen MR) is 205 cm³/mol. The Bertz CT molecular complexity index is 1540. The Kier molecular flexibility index (Phi) is 20.9. The molecule has 274 valence electrons. The molecule has 0 radical (unpaired) electrons. The van der Waals surface area contributed by atoms with E-state index < -0.39 is 17.7 Å². The number of carbonyl (C=O) groups is 3. The number of carbonyl (C=O) groups excluding carboxylic acids is 3. The van der Waals surface area contributed by atoms with Gasteiger partial charge in [0, 0.05) is 24.5 Å². The molecule has 1 atom stereocenters. The van der Waals surface area contributed by atoms with Crippen LogP contribution in [-0.4, -0.2) is 36.0 Å². The highest BCUT2D eigenvalue weighted by atomic mass is 16.5. The van der Waals surface area contributed by atoms with Gasteiger partial charge in [0.2, 0.25) is 11.8 Å². The third kappa shape index (κ3) is 18.7. The van der Waals surface area contributed by atoms with Gasteiger partial charge in [0.15, 0.2) is 5.78 Å². The number of hydrogen-bond acceptors (Lipinski definition) is 6. The average molecular weight is 697 g/mol. The summed E-state index contributed by atoms with van der Waals surface area (Å²) < 4.78 is 11.2. The SMILES string of the molecule is CCCC1=CC=C(C)C=CC1.CCCCOCc1ccc(C)cc1.C[C@H](CC(=O)NO)C(=O)NCC(=O)c1ccc(OCc2ccccc2)cc1. The summed E-state index contributed by atoms with van der Waals surface area (Å²) in [7, 11) is 0. The number of nitrogens with one attached hydrogen (secondary N) is 2. The van der Waals surface area contributed by atoms with E-state index in [1.54, 1.807) is 29.8 Å². The zero-order valence-corrected chi connectivity index (χ0v) is 31.0. The van der Waals surface area contributed by atoms with E-state index in [-0.39, 0.29) is 18.7 Å². The summed E-state index contributed by atoms with van der Waals surface area (Å²) in [5.74, 6) is -1.36. The number of Topliss-reactive ketones (excluding diaryl/α,β-unsaturated/α-hetero) is 1. The minimum atomic E-state index is -0.657. The van der Waals surface area contributed by atoms with Crippen LogP contribution in [0.3, 0.4) is 0 Å². The summed E-state index contributed by atoms with van der Waals surface area (Å²) in [4.78, 5) is 35.1. The molecule has 51 heavy (non-hydrogen) atoms. The number of ketones is 1. The zero-order chi connectivity index (χ0) is 37.3. The molecule has 8 heteroatoms. The third-order valence-electron chi connectivity index (χ3n) is 7.86. The van der Waals surface area contributed by atoms with Crippen molar-refractivity contribution >= 4 is 17.6 Å². The van der Waals surface area contributed by atoms with Crippen molar-refractivity contribution in [3.63, 3.8) is 0 Å². The van der Waals surface area contributed by atoms with Crippen LogP contribution < -0.4 is 15.5 Å². The van der Waals surface area contributed by atoms with Crippen molar-refractivity contribution in [2.75, 3.05) is 13.2 Å². The fourth-order valence-corrected chi connectivity index (χ4v) is 4.73. The molecule has 3 aromatic carbocycles. The number of rotatable bonds is 16. The first-order valence-electron chi connectivity index (χ1n) is 17.8. The van der Waals surface area contributed by atoms with Crippen molar-refractivity contribution in [1.82, 2.24) is 10.8 Å². The minimum Gasteiger partial charge on any atom is -0.489 e. The molecule has 0 aliphatic heterocycles. The van der Waals surface area contributed by atoms with Gasteiger partial charge < -0.3 is 14.8 Å². The van der Waals surface area contributed by atoms with Crippen molar-refractivity contribution in [3.05, 3.63) is 137 Å². The fourth-order valence-electron chi connectivity index (χ4n) is 4.73. The highest BCUT2D eigenvalue weighted by Gasteiger charge is 2.17. The first-order valence-corrected chi connectivity index (χ1v) is 17.8. The number of ether oxygens (including phenoxy) is 2. The first-order chi connectivity index (χ1) is 24.6. The monoisotopic (exact) mass is 696 g/mol. The summed E-state index contributed by atoms with van der Waals surface area (Å²) in [6.45, 7) is 12.1. The second-order valence-corrected chi connectivity index (χ2v) is 12.6. The standard InChI is InChI=1S/C20H22N2O5.C12H18O.C11H16/c1-14(11-19(24)22-26)20(25)21-12-18(23)16-7-9-17(10-8-16)27-13-15-5-3-2-4-6-15;1-3-4-9-13-10-12-7-5-11(2)6-8-12;1-3-5-11-7-4-6-10(2)8-9-11/h2-10,14,26H,11-13H2,1H3,(H,21,25)(H,22,24);5-8H,3-4,9-10H2,1-2H3;4,6,8-9H,3,5,7H2,1-2H3/t14-;;/m1../s1. The molecule has 3 aromatic rings. The van der Waals surface area contributed by atoms with Crippen LogP contribution in [0.25, 0.3) is 0 Å². The number of unbranched alkanes of at least 4 members (excludes halogenated alkanes) is 1. The molecule has 0 bridgehead atoms. The lowest BCUT2D eigenvalue weighted by atomic mass is 10.1. The van der Waals surface area contributed by atoms with Crippen LogP contribution in [0.4, 0.5) is 0 Å². The number of aryl methyl sites for hydroxylation is 1. The van der Waals surface area contributed by atoms with Crippen LogP contribution in [0, 0.1) is 12.8 Å². The smallest absolute Gasteiger partial charge is 0.244 e. The Morgan fingerprint density at radius 2 is 1.53 bits per heavy atom. The van der Waals surface area contributed by atoms with Gasteiger partial charge in [-0.25, -0.2) is 5.48 Å². The largest absolute Gasteiger partial charge is 0.489 e. The maximum absolute atomic E-state index is 12.2. The van der Waals surface area contributed by atoms with E-state index in [0.717, 1.165) is 31.6 Å². The maximum Gasteiger partial charge on any atom is 0.244 e. The summed E-state index contributed by atoms with van der Waals surface area (Å²) in [5, 5.41) is 11.0. The van der Waals surface area contributed by atoms with Crippen molar-refractivity contribution in [2.24, 2.45) is 5.92 Å². The molecule has 0 aromatic heterocycles. The van der Waals surface area contributed by atoms with Crippen LogP contribution in [0.1, 0.15) is 93.3 Å². The summed E-state index contributed by atoms with van der Waals surface area (Å²) in [6, 6.07) is 24.9. The van der Waals surface area contributed by atoms with E-state index in [9.17, 15) is 14.4 Å². The molecule has 2 amide bonds. The van der Waals surface area contributed by atoms with Crippen molar-refractivity contribution in [1.29, 1.82) is 0 Å². The fraction of sp³-hybridized carbons (Fsp3) is 0.372. The van der Waals surface area contributed by atoms with E-state index in [4.69, 9.17) is 14.7 Å². The first kappa shape index (κ1) is 42.4. The van der Waals surface area contributed by atoms with Crippen molar-refractivity contribution in [2.45, 2.75) is 86.4 Å². The number of hydroxylamine groups is 1. The van der Waals surface area contributed by atoms with Gasteiger partial charge in [-0.05, 0) is 68.5 Å². The van der Waals surface area contributed by atoms with Crippen molar-refractivity contribution < 1.29 is 29.1 Å². The summed E-state index contributed by atoms with van der Waals surface area (Å²) in [5.41, 5.74) is 8.44. The molecule has 8 nitrogen and oxygen atoms in total. The number of amides is 2. The third-order valence-corrected chi connectivity index (χ3v) is 7.86. The summed E-state index contributed by atoms with van der Waals surface area (Å²) >= 11 is 0. The van der Waals surface area contributed by atoms with Gasteiger partial charge in [0.1, 0.15) is 12.4 Å². The van der Waals surface area contributed by atoms with E-state index in [1.807, 2.05) is 30.3 Å². The molecule has 0 saturated heterocycles. The predicted octanol–water partition coefficient (Wildman–Crippen LogP) is 9.03. The van der Waals surface area contributed by atoms with E-state index in [2.05, 4.69) is 81.6 Å². The van der Waals surface area contributed by atoms with Gasteiger partial charge >= 0.3 is 0 Å². The van der Waals surface area contributed by atoms with Gasteiger partial charge in [-0.1, -0.05) is 129 Å². The van der Waals surface area contributed by atoms with Crippen LogP contribution in [0.2, 0.25) is 0 Å². The molecule has 1 aliphatic carbocycles. The van der Waals surface area contributed by atoms with E-state index >= 15 is 0 Å². The lowest BCUT2D eigenvalue weighted by Crippen LogP contribution is -2.35.